The van der Waals surface area contributed by atoms with E-state index < -0.39 is 0 Å². The van der Waals surface area contributed by atoms with Crippen LogP contribution in [0.1, 0.15) is 0 Å². The molecule has 5 rings (SSSR count). The Kier molecular flexibility index (Phi) is 3.87. The monoisotopic (exact) mass is 368 g/mol. The van der Waals surface area contributed by atoms with Gasteiger partial charge in [-0.25, -0.2) is 9.37 Å². The van der Waals surface area contributed by atoms with Crippen molar-refractivity contribution in [3.05, 3.63) is 84.9 Å². The number of halogens is 1. The minimum absolute atomic E-state index is 0.288. The highest BCUT2D eigenvalue weighted by atomic mass is 19.1. The molecule has 0 fully saturated rings. The lowest BCUT2D eigenvalue weighted by atomic mass is 10.0. The van der Waals surface area contributed by atoms with Crippen LogP contribution in [0.5, 0.6) is 0 Å². The lowest BCUT2D eigenvalue weighted by Gasteiger charge is -2.07. The van der Waals surface area contributed by atoms with E-state index in [2.05, 4.69) is 15.1 Å². The predicted octanol–water partition coefficient (Wildman–Crippen LogP) is 5.15. The van der Waals surface area contributed by atoms with E-state index in [1.165, 1.54) is 12.1 Å². The lowest BCUT2D eigenvalue weighted by Crippen LogP contribution is -1.90. The molecule has 134 valence electrons. The average molecular weight is 368 g/mol. The summed E-state index contributed by atoms with van der Waals surface area (Å²) in [7, 11) is 0. The van der Waals surface area contributed by atoms with Gasteiger partial charge >= 0.3 is 0 Å². The zero-order chi connectivity index (χ0) is 18.9. The predicted molar refractivity (Wildman–Crippen MR) is 104 cm³/mol. The van der Waals surface area contributed by atoms with Gasteiger partial charge in [0.1, 0.15) is 5.82 Å². The number of para-hydroxylation sites is 1. The van der Waals surface area contributed by atoms with E-state index >= 15 is 0 Å². The topological polar surface area (TPSA) is 64.7 Å². The molecule has 0 aliphatic rings. The molecule has 0 saturated carbocycles. The summed E-state index contributed by atoms with van der Waals surface area (Å²) in [6.45, 7) is 0. The van der Waals surface area contributed by atoms with Crippen LogP contribution in [0, 0.1) is 5.82 Å². The van der Waals surface area contributed by atoms with E-state index in [9.17, 15) is 4.39 Å². The molecular formula is C22H13FN4O. The molecule has 0 radical (unpaired) electrons. The summed E-state index contributed by atoms with van der Waals surface area (Å²) in [6.07, 6.45) is 3.36. The minimum atomic E-state index is -0.288. The van der Waals surface area contributed by atoms with Gasteiger partial charge in [-0.05, 0) is 48.5 Å². The standard InChI is InChI=1S/C22H13FN4O/c23-16-7-5-14(6-8-16)20-13-18(17-3-1-2-4-19(17)25-20)22-26-21(27-28-22)15-9-11-24-12-10-15/h1-13H. The van der Waals surface area contributed by atoms with Crippen LogP contribution in [-0.2, 0) is 0 Å². The lowest BCUT2D eigenvalue weighted by molar-refractivity contribution is 0.432. The zero-order valence-electron chi connectivity index (χ0n) is 14.6. The number of benzene rings is 2. The maximum absolute atomic E-state index is 13.3. The Labute approximate surface area is 159 Å². The van der Waals surface area contributed by atoms with Crippen LogP contribution in [0.25, 0.3) is 45.0 Å². The highest BCUT2D eigenvalue weighted by Gasteiger charge is 2.16. The summed E-state index contributed by atoms with van der Waals surface area (Å²) in [5, 5.41) is 5.00. The highest BCUT2D eigenvalue weighted by molar-refractivity contribution is 5.94. The second-order valence-electron chi connectivity index (χ2n) is 6.24. The van der Waals surface area contributed by atoms with Crippen LogP contribution in [-0.4, -0.2) is 20.1 Å². The van der Waals surface area contributed by atoms with Gasteiger partial charge in [-0.15, -0.1) is 0 Å². The molecule has 0 N–H and O–H groups in total. The van der Waals surface area contributed by atoms with E-state index in [0.29, 0.717) is 17.4 Å². The van der Waals surface area contributed by atoms with E-state index in [1.54, 1.807) is 24.5 Å². The highest BCUT2D eigenvalue weighted by Crippen LogP contribution is 2.32. The van der Waals surface area contributed by atoms with Crippen LogP contribution in [0.2, 0.25) is 0 Å². The first-order valence-electron chi connectivity index (χ1n) is 8.68. The van der Waals surface area contributed by atoms with Gasteiger partial charge in [-0.2, -0.15) is 4.98 Å². The summed E-state index contributed by atoms with van der Waals surface area (Å²) < 4.78 is 18.9. The molecule has 3 heterocycles. The summed E-state index contributed by atoms with van der Waals surface area (Å²) in [4.78, 5) is 13.3. The molecule has 2 aromatic carbocycles. The van der Waals surface area contributed by atoms with E-state index in [-0.39, 0.29) is 5.82 Å². The number of rotatable bonds is 3. The Morgan fingerprint density at radius 3 is 2.39 bits per heavy atom. The Morgan fingerprint density at radius 2 is 1.57 bits per heavy atom. The van der Waals surface area contributed by atoms with Gasteiger partial charge in [0.15, 0.2) is 0 Å². The first kappa shape index (κ1) is 16.3. The molecule has 0 saturated heterocycles. The molecule has 0 amide bonds. The van der Waals surface area contributed by atoms with E-state index in [0.717, 1.165) is 27.6 Å². The fourth-order valence-corrected chi connectivity index (χ4v) is 3.07. The van der Waals surface area contributed by atoms with Crippen LogP contribution in [0.15, 0.2) is 83.6 Å². The Bertz CT molecular complexity index is 1270. The SMILES string of the molecule is Fc1ccc(-c2cc(-c3nc(-c4ccncc4)no3)c3ccccc3n2)cc1. The summed E-state index contributed by atoms with van der Waals surface area (Å²) in [5.74, 6) is 0.596. The number of fused-ring (bicyclic) bond motifs is 1. The largest absolute Gasteiger partial charge is 0.334 e. The van der Waals surface area contributed by atoms with E-state index in [1.807, 2.05) is 42.5 Å². The summed E-state index contributed by atoms with van der Waals surface area (Å²) in [5.41, 5.74) is 3.91. The number of hydrogen-bond donors (Lipinski definition) is 0. The molecule has 0 unspecified atom stereocenters. The molecule has 28 heavy (non-hydrogen) atoms. The van der Waals surface area contributed by atoms with Gasteiger partial charge < -0.3 is 4.52 Å². The zero-order valence-corrected chi connectivity index (χ0v) is 14.6. The third kappa shape index (κ3) is 2.91. The molecule has 0 atom stereocenters. The molecule has 0 spiro atoms. The Balaban J connectivity index is 1.68. The van der Waals surface area contributed by atoms with Crippen molar-refractivity contribution < 1.29 is 8.91 Å². The third-order valence-corrected chi connectivity index (χ3v) is 4.45. The molecule has 5 aromatic rings. The maximum atomic E-state index is 13.3. The third-order valence-electron chi connectivity index (χ3n) is 4.45. The van der Waals surface area contributed by atoms with Gasteiger partial charge in [0.05, 0.1) is 16.8 Å². The molecule has 0 aliphatic carbocycles. The van der Waals surface area contributed by atoms with Gasteiger partial charge in [0, 0.05) is 28.9 Å². The second kappa shape index (κ2) is 6.66. The minimum Gasteiger partial charge on any atom is -0.334 e. The van der Waals surface area contributed by atoms with Gasteiger partial charge in [0.25, 0.3) is 5.89 Å². The molecule has 3 aromatic heterocycles. The van der Waals surface area contributed by atoms with Crippen molar-refractivity contribution in [2.24, 2.45) is 0 Å². The van der Waals surface area contributed by atoms with Crippen molar-refractivity contribution in [2.45, 2.75) is 0 Å². The van der Waals surface area contributed by atoms with Crippen LogP contribution < -0.4 is 0 Å². The summed E-state index contributed by atoms with van der Waals surface area (Å²) in [6, 6.07) is 19.5. The first-order chi connectivity index (χ1) is 13.8. The van der Waals surface area contributed by atoms with Crippen molar-refractivity contribution in [3.63, 3.8) is 0 Å². The van der Waals surface area contributed by atoms with Crippen molar-refractivity contribution in [1.29, 1.82) is 0 Å². The Hall–Kier alpha value is -3.93. The van der Waals surface area contributed by atoms with Crippen molar-refractivity contribution in [1.82, 2.24) is 20.1 Å². The fourth-order valence-electron chi connectivity index (χ4n) is 3.07. The molecular weight excluding hydrogens is 355 g/mol. The fraction of sp³-hybridized carbons (Fsp3) is 0. The normalized spacial score (nSPS) is 11.0. The average Bonchev–Trinajstić information content (AvgIpc) is 3.24. The number of nitrogens with zero attached hydrogens (tertiary/aromatic N) is 4. The van der Waals surface area contributed by atoms with Gasteiger partial charge in [-0.1, -0.05) is 23.4 Å². The number of pyridine rings is 2. The number of hydrogen-bond acceptors (Lipinski definition) is 5. The van der Waals surface area contributed by atoms with Crippen molar-refractivity contribution in [3.8, 4) is 34.1 Å². The second-order valence-corrected chi connectivity index (χ2v) is 6.24. The van der Waals surface area contributed by atoms with Gasteiger partial charge in [0.2, 0.25) is 5.82 Å². The molecule has 0 aliphatic heterocycles. The van der Waals surface area contributed by atoms with Crippen LogP contribution in [0.3, 0.4) is 0 Å². The van der Waals surface area contributed by atoms with Gasteiger partial charge in [-0.3, -0.25) is 4.98 Å². The summed E-state index contributed by atoms with van der Waals surface area (Å²) >= 11 is 0. The van der Waals surface area contributed by atoms with Crippen molar-refractivity contribution >= 4 is 10.9 Å². The van der Waals surface area contributed by atoms with Crippen LogP contribution in [0.4, 0.5) is 4.39 Å². The molecule has 6 heteroatoms. The smallest absolute Gasteiger partial charge is 0.259 e. The van der Waals surface area contributed by atoms with Crippen molar-refractivity contribution in [2.75, 3.05) is 0 Å². The first-order valence-corrected chi connectivity index (χ1v) is 8.68. The molecule has 5 nitrogen and oxygen atoms in total. The Morgan fingerprint density at radius 1 is 0.786 bits per heavy atom. The number of aromatic nitrogens is 4. The van der Waals surface area contributed by atoms with E-state index in [4.69, 9.17) is 9.51 Å². The molecule has 0 bridgehead atoms. The van der Waals surface area contributed by atoms with Crippen LogP contribution >= 0.6 is 0 Å². The quantitative estimate of drug-likeness (QED) is 0.440. The maximum Gasteiger partial charge on any atom is 0.259 e.